The third kappa shape index (κ3) is 4.24. The van der Waals surface area contributed by atoms with Crippen molar-refractivity contribution in [1.82, 2.24) is 10.3 Å². The topological polar surface area (TPSA) is 43.4 Å². The molecule has 0 saturated heterocycles. The molecule has 0 saturated carbocycles. The Bertz CT molecular complexity index is 526. The summed E-state index contributed by atoms with van der Waals surface area (Å²) in [4.78, 5) is 4.09. The number of pyridine rings is 1. The van der Waals surface area contributed by atoms with Gasteiger partial charge in [0.1, 0.15) is 5.75 Å². The van der Waals surface area contributed by atoms with Crippen LogP contribution >= 0.6 is 0 Å². The fourth-order valence-electron chi connectivity index (χ4n) is 1.89. The summed E-state index contributed by atoms with van der Waals surface area (Å²) in [6, 6.07) is 12.1. The number of ether oxygens (including phenoxy) is 2. The summed E-state index contributed by atoms with van der Waals surface area (Å²) in [7, 11) is 1.62. The summed E-state index contributed by atoms with van der Waals surface area (Å²) in [5.74, 6) is 1.56. The maximum atomic E-state index is 5.42. The van der Waals surface area contributed by atoms with Crippen LogP contribution in [0.1, 0.15) is 18.1 Å². The first kappa shape index (κ1) is 14.3. The average molecular weight is 272 g/mol. The Balaban J connectivity index is 1.82. The molecule has 20 heavy (non-hydrogen) atoms. The first-order valence-corrected chi connectivity index (χ1v) is 6.73. The maximum absolute atomic E-state index is 5.42. The van der Waals surface area contributed by atoms with Crippen molar-refractivity contribution in [3.05, 3.63) is 53.7 Å². The van der Waals surface area contributed by atoms with Crippen LogP contribution in [0.5, 0.6) is 11.6 Å². The van der Waals surface area contributed by atoms with Gasteiger partial charge in [-0.1, -0.05) is 12.1 Å². The van der Waals surface area contributed by atoms with Gasteiger partial charge in [-0.15, -0.1) is 0 Å². The molecule has 1 aromatic carbocycles. The molecule has 0 amide bonds. The second kappa shape index (κ2) is 7.50. The fourth-order valence-corrected chi connectivity index (χ4v) is 1.89. The zero-order chi connectivity index (χ0) is 14.2. The largest absolute Gasteiger partial charge is 0.494 e. The second-order valence-corrected chi connectivity index (χ2v) is 4.39. The van der Waals surface area contributed by atoms with E-state index >= 15 is 0 Å². The Morgan fingerprint density at radius 3 is 2.50 bits per heavy atom. The molecule has 4 nitrogen and oxygen atoms in total. The lowest BCUT2D eigenvalue weighted by Gasteiger charge is -2.07. The Hall–Kier alpha value is -2.07. The minimum absolute atomic E-state index is 0.644. The molecule has 1 N–H and O–H groups in total. The third-order valence-electron chi connectivity index (χ3n) is 2.90. The van der Waals surface area contributed by atoms with Crippen LogP contribution in [0.3, 0.4) is 0 Å². The molecule has 0 atom stereocenters. The van der Waals surface area contributed by atoms with Gasteiger partial charge in [0.05, 0.1) is 13.7 Å². The van der Waals surface area contributed by atoms with E-state index in [4.69, 9.17) is 9.47 Å². The van der Waals surface area contributed by atoms with E-state index in [0.29, 0.717) is 12.5 Å². The molecule has 106 valence electrons. The molecule has 0 fully saturated rings. The van der Waals surface area contributed by atoms with Crippen LogP contribution < -0.4 is 14.8 Å². The van der Waals surface area contributed by atoms with E-state index < -0.39 is 0 Å². The van der Waals surface area contributed by atoms with Crippen molar-refractivity contribution in [1.29, 1.82) is 0 Å². The first-order valence-electron chi connectivity index (χ1n) is 6.73. The second-order valence-electron chi connectivity index (χ2n) is 4.39. The molecular weight excluding hydrogens is 252 g/mol. The van der Waals surface area contributed by atoms with E-state index in [1.54, 1.807) is 13.3 Å². The zero-order valence-corrected chi connectivity index (χ0v) is 11.9. The molecule has 4 heteroatoms. The third-order valence-corrected chi connectivity index (χ3v) is 2.90. The van der Waals surface area contributed by atoms with Gasteiger partial charge >= 0.3 is 0 Å². The standard InChI is InChI=1S/C16H20N2O2/c1-3-20-15-6-4-13(5-7-15)11-17-12-14-8-9-18-16(10-14)19-2/h4-10,17H,3,11-12H2,1-2H3. The SMILES string of the molecule is CCOc1ccc(CNCc2ccnc(OC)c2)cc1. The van der Waals surface area contributed by atoms with E-state index in [-0.39, 0.29) is 0 Å². The van der Waals surface area contributed by atoms with Crippen LogP contribution in [0, 0.1) is 0 Å². The van der Waals surface area contributed by atoms with Crippen molar-refractivity contribution >= 4 is 0 Å². The van der Waals surface area contributed by atoms with Gasteiger partial charge in [0.2, 0.25) is 5.88 Å². The molecule has 0 aliphatic rings. The number of aromatic nitrogens is 1. The number of methoxy groups -OCH3 is 1. The lowest BCUT2D eigenvalue weighted by Crippen LogP contribution is -2.12. The van der Waals surface area contributed by atoms with Crippen molar-refractivity contribution in [3.63, 3.8) is 0 Å². The lowest BCUT2D eigenvalue weighted by molar-refractivity contribution is 0.340. The molecule has 1 heterocycles. The van der Waals surface area contributed by atoms with E-state index in [1.165, 1.54) is 5.56 Å². The first-order chi connectivity index (χ1) is 9.81. The number of nitrogens with one attached hydrogen (secondary N) is 1. The maximum Gasteiger partial charge on any atom is 0.213 e. The van der Waals surface area contributed by atoms with E-state index in [1.807, 2.05) is 31.2 Å². The van der Waals surface area contributed by atoms with Crippen LogP contribution in [0.25, 0.3) is 0 Å². The molecule has 0 aliphatic heterocycles. The molecule has 0 radical (unpaired) electrons. The molecule has 0 bridgehead atoms. The highest BCUT2D eigenvalue weighted by molar-refractivity contribution is 5.27. The van der Waals surface area contributed by atoms with Gasteiger partial charge in [-0.2, -0.15) is 0 Å². The van der Waals surface area contributed by atoms with Crippen molar-refractivity contribution < 1.29 is 9.47 Å². The molecular formula is C16H20N2O2. The summed E-state index contributed by atoms with van der Waals surface area (Å²) in [6.07, 6.45) is 1.76. The van der Waals surface area contributed by atoms with Crippen molar-refractivity contribution in [2.75, 3.05) is 13.7 Å². The predicted octanol–water partition coefficient (Wildman–Crippen LogP) is 2.78. The Labute approximate surface area is 119 Å². The molecule has 0 unspecified atom stereocenters. The lowest BCUT2D eigenvalue weighted by atomic mass is 10.2. The van der Waals surface area contributed by atoms with Gasteiger partial charge in [0.15, 0.2) is 0 Å². The van der Waals surface area contributed by atoms with Gasteiger partial charge in [-0.3, -0.25) is 0 Å². The number of hydrogen-bond donors (Lipinski definition) is 1. The molecule has 0 aliphatic carbocycles. The quantitative estimate of drug-likeness (QED) is 0.841. The number of rotatable bonds is 7. The van der Waals surface area contributed by atoms with Gasteiger partial charge < -0.3 is 14.8 Å². The van der Waals surface area contributed by atoms with Gasteiger partial charge in [0.25, 0.3) is 0 Å². The zero-order valence-electron chi connectivity index (χ0n) is 11.9. The molecule has 2 aromatic rings. The van der Waals surface area contributed by atoms with Crippen LogP contribution in [-0.2, 0) is 13.1 Å². The van der Waals surface area contributed by atoms with E-state index in [0.717, 1.165) is 24.4 Å². The normalized spacial score (nSPS) is 10.3. The number of nitrogens with zero attached hydrogens (tertiary/aromatic N) is 1. The molecule has 0 spiro atoms. The summed E-state index contributed by atoms with van der Waals surface area (Å²) in [6.45, 7) is 4.28. The highest BCUT2D eigenvalue weighted by atomic mass is 16.5. The minimum atomic E-state index is 0.644. The number of benzene rings is 1. The number of hydrogen-bond acceptors (Lipinski definition) is 4. The summed E-state index contributed by atoms with van der Waals surface area (Å²) in [5.41, 5.74) is 2.39. The van der Waals surface area contributed by atoms with Gasteiger partial charge in [-0.05, 0) is 36.2 Å². The Morgan fingerprint density at radius 2 is 1.80 bits per heavy atom. The Morgan fingerprint density at radius 1 is 1.05 bits per heavy atom. The minimum Gasteiger partial charge on any atom is -0.494 e. The van der Waals surface area contributed by atoms with Gasteiger partial charge in [0, 0.05) is 25.4 Å². The van der Waals surface area contributed by atoms with Crippen LogP contribution in [-0.4, -0.2) is 18.7 Å². The van der Waals surface area contributed by atoms with Crippen molar-refractivity contribution in [3.8, 4) is 11.6 Å². The van der Waals surface area contributed by atoms with Crippen molar-refractivity contribution in [2.45, 2.75) is 20.0 Å². The predicted molar refractivity (Wildman–Crippen MR) is 78.9 cm³/mol. The molecule has 2 rings (SSSR count). The molecule has 1 aromatic heterocycles. The highest BCUT2D eigenvalue weighted by Gasteiger charge is 1.98. The summed E-state index contributed by atoms with van der Waals surface area (Å²) in [5, 5.41) is 3.40. The van der Waals surface area contributed by atoms with Crippen LogP contribution in [0.4, 0.5) is 0 Å². The highest BCUT2D eigenvalue weighted by Crippen LogP contribution is 2.12. The monoisotopic (exact) mass is 272 g/mol. The Kier molecular flexibility index (Phi) is 5.38. The van der Waals surface area contributed by atoms with Crippen LogP contribution in [0.2, 0.25) is 0 Å². The summed E-state index contributed by atoms with van der Waals surface area (Å²) >= 11 is 0. The van der Waals surface area contributed by atoms with E-state index in [9.17, 15) is 0 Å². The smallest absolute Gasteiger partial charge is 0.213 e. The van der Waals surface area contributed by atoms with Crippen LogP contribution in [0.15, 0.2) is 42.6 Å². The fraction of sp³-hybridized carbons (Fsp3) is 0.312. The van der Waals surface area contributed by atoms with Gasteiger partial charge in [-0.25, -0.2) is 4.98 Å². The van der Waals surface area contributed by atoms with Crippen molar-refractivity contribution in [2.24, 2.45) is 0 Å². The summed E-state index contributed by atoms with van der Waals surface area (Å²) < 4.78 is 10.5. The van der Waals surface area contributed by atoms with E-state index in [2.05, 4.69) is 22.4 Å². The average Bonchev–Trinajstić information content (AvgIpc) is 2.50.